The standard InChI is InChI=1S/C26H20F2N6/c1-16(2)33-13-11-19-14-18(5-9-23(19)33)22-8-10-24-30-31-25(34(24)32-22)26(27,28)20-6-7-21-17(15-20)4-3-12-29-21/h3-16H,1-2H3. The normalized spacial score (nSPS) is 12.4. The Bertz CT molecular complexity index is 1680. The molecule has 6 nitrogen and oxygen atoms in total. The second-order valence-electron chi connectivity index (χ2n) is 8.59. The van der Waals surface area contributed by atoms with Crippen molar-refractivity contribution in [3.63, 3.8) is 0 Å². The zero-order valence-corrected chi connectivity index (χ0v) is 18.5. The van der Waals surface area contributed by atoms with Gasteiger partial charge >= 0.3 is 5.92 Å². The number of hydrogen-bond donors (Lipinski definition) is 0. The van der Waals surface area contributed by atoms with Gasteiger partial charge < -0.3 is 4.57 Å². The number of alkyl halides is 2. The first-order valence-corrected chi connectivity index (χ1v) is 11.0. The van der Waals surface area contributed by atoms with Crippen molar-refractivity contribution in [3.8, 4) is 11.3 Å². The SMILES string of the molecule is CC(C)n1ccc2cc(-c3ccc4nnc(C(F)(F)c5ccc6ncccc6c5)n4n3)ccc21. The minimum absolute atomic E-state index is 0.189. The summed E-state index contributed by atoms with van der Waals surface area (Å²) in [6.07, 6.45) is 3.68. The quantitative estimate of drug-likeness (QED) is 0.327. The van der Waals surface area contributed by atoms with E-state index in [1.54, 1.807) is 36.5 Å². The Morgan fingerprint density at radius 3 is 2.62 bits per heavy atom. The molecule has 34 heavy (non-hydrogen) atoms. The van der Waals surface area contributed by atoms with Gasteiger partial charge in [-0.3, -0.25) is 4.98 Å². The van der Waals surface area contributed by atoms with E-state index < -0.39 is 11.7 Å². The lowest BCUT2D eigenvalue weighted by Gasteiger charge is -2.15. The maximum Gasteiger partial charge on any atom is 0.333 e. The van der Waals surface area contributed by atoms with E-state index in [-0.39, 0.29) is 11.2 Å². The molecular weight excluding hydrogens is 434 g/mol. The second kappa shape index (κ2) is 7.41. The average molecular weight is 454 g/mol. The number of pyridine rings is 1. The molecule has 0 atom stereocenters. The van der Waals surface area contributed by atoms with Crippen LogP contribution in [-0.4, -0.2) is 29.4 Å². The lowest BCUT2D eigenvalue weighted by molar-refractivity contribution is 0.0307. The van der Waals surface area contributed by atoms with Crippen LogP contribution in [-0.2, 0) is 5.92 Å². The van der Waals surface area contributed by atoms with E-state index in [1.807, 2.05) is 30.5 Å². The van der Waals surface area contributed by atoms with Crippen molar-refractivity contribution >= 4 is 27.5 Å². The molecule has 0 radical (unpaired) electrons. The number of halogens is 2. The molecule has 0 aliphatic carbocycles. The summed E-state index contributed by atoms with van der Waals surface area (Å²) in [5, 5.41) is 13.9. The van der Waals surface area contributed by atoms with Crippen LogP contribution in [0.1, 0.15) is 31.3 Å². The molecule has 8 heteroatoms. The van der Waals surface area contributed by atoms with E-state index in [9.17, 15) is 0 Å². The summed E-state index contributed by atoms with van der Waals surface area (Å²) in [5.74, 6) is -3.92. The van der Waals surface area contributed by atoms with Gasteiger partial charge in [0, 0.05) is 45.9 Å². The van der Waals surface area contributed by atoms with Crippen LogP contribution < -0.4 is 0 Å². The molecule has 0 aliphatic heterocycles. The number of benzene rings is 2. The molecule has 0 saturated heterocycles. The third kappa shape index (κ3) is 3.14. The van der Waals surface area contributed by atoms with Crippen molar-refractivity contribution in [2.45, 2.75) is 25.8 Å². The molecule has 6 rings (SSSR count). The molecule has 2 aromatic carbocycles. The molecule has 168 valence electrons. The van der Waals surface area contributed by atoms with Crippen LogP contribution in [0, 0.1) is 0 Å². The van der Waals surface area contributed by atoms with Crippen LogP contribution in [0.15, 0.2) is 79.1 Å². The number of rotatable bonds is 4. The van der Waals surface area contributed by atoms with E-state index in [4.69, 9.17) is 0 Å². The first kappa shape index (κ1) is 20.4. The van der Waals surface area contributed by atoms with E-state index >= 15 is 8.78 Å². The lowest BCUT2D eigenvalue weighted by Crippen LogP contribution is -2.20. The fraction of sp³-hybridized carbons (Fsp3) is 0.154. The monoisotopic (exact) mass is 454 g/mol. The highest BCUT2D eigenvalue weighted by Crippen LogP contribution is 2.36. The van der Waals surface area contributed by atoms with Gasteiger partial charge in [0.1, 0.15) is 0 Å². The van der Waals surface area contributed by atoms with Gasteiger partial charge in [0.25, 0.3) is 0 Å². The van der Waals surface area contributed by atoms with Gasteiger partial charge in [0.15, 0.2) is 5.65 Å². The van der Waals surface area contributed by atoms with Gasteiger partial charge in [0.05, 0.1) is 11.2 Å². The van der Waals surface area contributed by atoms with Crippen molar-refractivity contribution in [1.82, 2.24) is 29.4 Å². The number of nitrogens with zero attached hydrogens (tertiary/aromatic N) is 6. The summed E-state index contributed by atoms with van der Waals surface area (Å²) < 4.78 is 34.5. The first-order valence-electron chi connectivity index (χ1n) is 11.0. The highest BCUT2D eigenvalue weighted by molar-refractivity contribution is 5.85. The average Bonchev–Trinajstić information content (AvgIpc) is 3.47. The molecule has 0 fully saturated rings. The van der Waals surface area contributed by atoms with Crippen LogP contribution in [0.2, 0.25) is 0 Å². The van der Waals surface area contributed by atoms with Gasteiger partial charge in [-0.25, -0.2) is 0 Å². The van der Waals surface area contributed by atoms with Crippen molar-refractivity contribution in [1.29, 1.82) is 0 Å². The predicted molar refractivity (Wildman–Crippen MR) is 127 cm³/mol. The summed E-state index contributed by atoms with van der Waals surface area (Å²) in [4.78, 5) is 4.20. The van der Waals surface area contributed by atoms with Crippen molar-refractivity contribution in [2.24, 2.45) is 0 Å². The zero-order valence-electron chi connectivity index (χ0n) is 18.5. The minimum Gasteiger partial charge on any atom is -0.345 e. The number of fused-ring (bicyclic) bond motifs is 3. The Morgan fingerprint density at radius 2 is 1.76 bits per heavy atom. The topological polar surface area (TPSA) is 60.9 Å². The maximum atomic E-state index is 15.6. The van der Waals surface area contributed by atoms with E-state index in [2.05, 4.69) is 38.7 Å². The summed E-state index contributed by atoms with van der Waals surface area (Å²) in [7, 11) is 0. The minimum atomic E-state index is -3.40. The Morgan fingerprint density at radius 1 is 0.882 bits per heavy atom. The lowest BCUT2D eigenvalue weighted by atomic mass is 10.0. The van der Waals surface area contributed by atoms with Crippen molar-refractivity contribution in [3.05, 3.63) is 90.5 Å². The summed E-state index contributed by atoms with van der Waals surface area (Å²) in [5.41, 5.74) is 3.22. The third-order valence-corrected chi connectivity index (χ3v) is 6.08. The van der Waals surface area contributed by atoms with Crippen LogP contribution in [0.4, 0.5) is 8.78 Å². The third-order valence-electron chi connectivity index (χ3n) is 6.08. The largest absolute Gasteiger partial charge is 0.345 e. The van der Waals surface area contributed by atoms with Gasteiger partial charge in [-0.05, 0) is 62.4 Å². The van der Waals surface area contributed by atoms with Gasteiger partial charge in [0.2, 0.25) is 5.82 Å². The van der Waals surface area contributed by atoms with Crippen LogP contribution in [0.5, 0.6) is 0 Å². The van der Waals surface area contributed by atoms with Crippen LogP contribution in [0.3, 0.4) is 0 Å². The Kier molecular flexibility index (Phi) is 4.45. The summed E-state index contributed by atoms with van der Waals surface area (Å²) >= 11 is 0. The molecule has 0 bridgehead atoms. The number of aromatic nitrogens is 6. The van der Waals surface area contributed by atoms with Gasteiger partial charge in [-0.1, -0.05) is 18.2 Å². The van der Waals surface area contributed by atoms with Gasteiger partial charge in [-0.15, -0.1) is 10.2 Å². The zero-order chi connectivity index (χ0) is 23.4. The number of hydrogen-bond acceptors (Lipinski definition) is 4. The molecule has 4 heterocycles. The fourth-order valence-electron chi connectivity index (χ4n) is 4.31. The second-order valence-corrected chi connectivity index (χ2v) is 8.59. The molecule has 0 amide bonds. The highest BCUT2D eigenvalue weighted by atomic mass is 19.3. The Hall–Kier alpha value is -4.20. The predicted octanol–water partition coefficient (Wildman–Crippen LogP) is 6.02. The Balaban J connectivity index is 1.45. The molecule has 0 N–H and O–H groups in total. The molecule has 0 unspecified atom stereocenters. The van der Waals surface area contributed by atoms with Crippen LogP contribution in [0.25, 0.3) is 38.7 Å². The van der Waals surface area contributed by atoms with E-state index in [1.165, 1.54) is 12.1 Å². The molecule has 6 aromatic rings. The summed E-state index contributed by atoms with van der Waals surface area (Å²) in [6.45, 7) is 4.26. The van der Waals surface area contributed by atoms with Gasteiger partial charge in [-0.2, -0.15) is 18.4 Å². The molecule has 0 spiro atoms. The van der Waals surface area contributed by atoms with Crippen molar-refractivity contribution < 1.29 is 8.78 Å². The van der Waals surface area contributed by atoms with Crippen molar-refractivity contribution in [2.75, 3.05) is 0 Å². The first-order chi connectivity index (χ1) is 16.4. The molecule has 0 saturated carbocycles. The molecule has 0 aliphatic rings. The smallest absolute Gasteiger partial charge is 0.333 e. The fourth-order valence-corrected chi connectivity index (χ4v) is 4.31. The van der Waals surface area contributed by atoms with Crippen LogP contribution >= 0.6 is 0 Å². The van der Waals surface area contributed by atoms with E-state index in [0.717, 1.165) is 21.0 Å². The molecule has 4 aromatic heterocycles. The molecular formula is C26H20F2N6. The summed E-state index contributed by atoms with van der Waals surface area (Å²) in [6, 6.07) is 19.7. The highest BCUT2D eigenvalue weighted by Gasteiger charge is 2.40. The van der Waals surface area contributed by atoms with E-state index in [0.29, 0.717) is 22.6 Å². The maximum absolute atomic E-state index is 15.6. The Labute approximate surface area is 193 Å².